The highest BCUT2D eigenvalue weighted by Gasteiger charge is 2.35. The fourth-order valence-corrected chi connectivity index (χ4v) is 4.37. The van der Waals surface area contributed by atoms with Gasteiger partial charge in [0.15, 0.2) is 0 Å². The molecule has 0 radical (unpaired) electrons. The molecule has 0 saturated carbocycles. The fraction of sp³-hybridized carbons (Fsp3) is 0.417. The zero-order valence-corrected chi connectivity index (χ0v) is 17.1. The molecule has 29 heavy (non-hydrogen) atoms. The van der Waals surface area contributed by atoms with Crippen LogP contribution in [0.4, 0.5) is 4.39 Å². The Hall–Kier alpha value is -2.53. The summed E-state index contributed by atoms with van der Waals surface area (Å²) in [6.45, 7) is 5.47. The van der Waals surface area contributed by atoms with Crippen LogP contribution in [0.1, 0.15) is 55.3 Å². The molecule has 4 rings (SSSR count). The van der Waals surface area contributed by atoms with Crippen molar-refractivity contribution in [2.75, 3.05) is 13.1 Å². The van der Waals surface area contributed by atoms with Crippen molar-refractivity contribution in [2.24, 2.45) is 5.10 Å². The second-order valence-corrected chi connectivity index (χ2v) is 8.21. The van der Waals surface area contributed by atoms with Crippen LogP contribution >= 0.6 is 0 Å². The molecule has 1 amide bonds. The van der Waals surface area contributed by atoms with E-state index in [0.717, 1.165) is 36.2 Å². The molecular formula is C24H28FN3O. The smallest absolute Gasteiger partial charge is 0.257 e. The zero-order chi connectivity index (χ0) is 20.4. The summed E-state index contributed by atoms with van der Waals surface area (Å²) in [5.41, 5.74) is 3.49. The van der Waals surface area contributed by atoms with Crippen molar-refractivity contribution in [2.45, 2.75) is 51.6 Å². The van der Waals surface area contributed by atoms with Crippen LogP contribution in [0.3, 0.4) is 0 Å². The molecule has 1 fully saturated rings. The summed E-state index contributed by atoms with van der Waals surface area (Å²) in [4.78, 5) is 15.5. The minimum Gasteiger partial charge on any atom is -0.292 e. The number of nitrogens with zero attached hydrogens (tertiary/aromatic N) is 3. The number of rotatable bonds is 4. The lowest BCUT2D eigenvalue weighted by molar-refractivity contribution is -0.135. The van der Waals surface area contributed by atoms with E-state index in [0.29, 0.717) is 24.6 Å². The van der Waals surface area contributed by atoms with Gasteiger partial charge in [-0.3, -0.25) is 9.69 Å². The van der Waals surface area contributed by atoms with Gasteiger partial charge in [0.2, 0.25) is 0 Å². The number of hydrogen-bond donors (Lipinski definition) is 0. The molecule has 2 aliphatic rings. The second-order valence-electron chi connectivity index (χ2n) is 8.21. The molecular weight excluding hydrogens is 365 g/mol. The molecule has 0 aromatic heterocycles. The largest absolute Gasteiger partial charge is 0.292 e. The normalized spacial score (nSPS) is 22.6. The van der Waals surface area contributed by atoms with Gasteiger partial charge in [0.05, 0.1) is 18.3 Å². The van der Waals surface area contributed by atoms with Crippen LogP contribution in [0, 0.1) is 12.7 Å². The molecule has 0 unspecified atom stereocenters. The predicted molar refractivity (Wildman–Crippen MR) is 113 cm³/mol. The molecule has 0 aliphatic carbocycles. The number of hydrogen-bond acceptors (Lipinski definition) is 3. The minimum atomic E-state index is -0.403. The number of aryl methyl sites for hydroxylation is 1. The molecule has 2 aromatic carbocycles. The highest BCUT2D eigenvalue weighted by Crippen LogP contribution is 2.34. The molecule has 4 nitrogen and oxygen atoms in total. The van der Waals surface area contributed by atoms with Crippen LogP contribution in [-0.2, 0) is 4.79 Å². The van der Waals surface area contributed by atoms with Gasteiger partial charge in [0, 0.05) is 18.0 Å². The summed E-state index contributed by atoms with van der Waals surface area (Å²) in [6, 6.07) is 14.8. The van der Waals surface area contributed by atoms with Crippen molar-refractivity contribution in [3.8, 4) is 0 Å². The molecule has 0 bridgehead atoms. The Labute approximate surface area is 172 Å². The van der Waals surface area contributed by atoms with Gasteiger partial charge in [-0.25, -0.2) is 9.40 Å². The molecule has 2 aliphatic heterocycles. The molecule has 152 valence electrons. The summed E-state index contributed by atoms with van der Waals surface area (Å²) in [6.07, 6.45) is 3.96. The Morgan fingerprint density at radius 2 is 2.00 bits per heavy atom. The van der Waals surface area contributed by atoms with E-state index < -0.39 is 6.04 Å². The van der Waals surface area contributed by atoms with E-state index in [1.54, 1.807) is 12.1 Å². The van der Waals surface area contributed by atoms with E-state index >= 15 is 0 Å². The van der Waals surface area contributed by atoms with Gasteiger partial charge in [0.1, 0.15) is 5.82 Å². The van der Waals surface area contributed by atoms with Crippen molar-refractivity contribution >= 4 is 11.6 Å². The summed E-state index contributed by atoms with van der Waals surface area (Å²) >= 11 is 0. The number of carbonyl (C=O) groups excluding carboxylic acids is 1. The van der Waals surface area contributed by atoms with Gasteiger partial charge in [-0.15, -0.1) is 0 Å². The molecule has 2 aromatic rings. The maximum Gasteiger partial charge on any atom is 0.257 e. The molecule has 5 heteroatoms. The Morgan fingerprint density at radius 3 is 2.76 bits per heavy atom. The van der Waals surface area contributed by atoms with Gasteiger partial charge in [0.25, 0.3) is 5.91 Å². The Morgan fingerprint density at radius 1 is 1.17 bits per heavy atom. The molecule has 0 N–H and O–H groups in total. The monoisotopic (exact) mass is 393 g/mol. The quantitative estimate of drug-likeness (QED) is 0.756. The average molecular weight is 394 g/mol. The lowest BCUT2D eigenvalue weighted by Crippen LogP contribution is -2.44. The Balaban J connectivity index is 1.63. The first-order valence-corrected chi connectivity index (χ1v) is 10.5. The zero-order valence-electron chi connectivity index (χ0n) is 17.1. The number of likely N-dealkylation sites (tertiary alicyclic amines) is 1. The third kappa shape index (κ3) is 4.25. The highest BCUT2D eigenvalue weighted by molar-refractivity contribution is 6.03. The summed E-state index contributed by atoms with van der Waals surface area (Å²) < 4.78 is 14.6. The lowest BCUT2D eigenvalue weighted by atomic mass is 9.97. The summed E-state index contributed by atoms with van der Waals surface area (Å²) in [5.74, 6) is -0.350. The van der Waals surface area contributed by atoms with Crippen LogP contribution in [0.15, 0.2) is 53.6 Å². The predicted octanol–water partition coefficient (Wildman–Crippen LogP) is 4.69. The van der Waals surface area contributed by atoms with Crippen LogP contribution in [0.25, 0.3) is 0 Å². The molecule has 2 heterocycles. The van der Waals surface area contributed by atoms with Crippen molar-refractivity contribution in [3.63, 3.8) is 0 Å². The summed E-state index contributed by atoms with van der Waals surface area (Å²) in [5, 5.41) is 6.22. The van der Waals surface area contributed by atoms with Gasteiger partial charge in [-0.2, -0.15) is 5.10 Å². The van der Waals surface area contributed by atoms with E-state index in [9.17, 15) is 9.18 Å². The number of carbonyl (C=O) groups is 1. The third-order valence-electron chi connectivity index (χ3n) is 6.06. The van der Waals surface area contributed by atoms with Crippen LogP contribution in [0.5, 0.6) is 0 Å². The van der Waals surface area contributed by atoms with Gasteiger partial charge < -0.3 is 0 Å². The number of halogens is 1. The van der Waals surface area contributed by atoms with Gasteiger partial charge in [-0.05, 0) is 44.9 Å². The molecule has 0 spiro atoms. The van der Waals surface area contributed by atoms with E-state index in [4.69, 9.17) is 5.10 Å². The maximum atomic E-state index is 14.6. The maximum absolute atomic E-state index is 14.6. The van der Waals surface area contributed by atoms with E-state index in [2.05, 4.69) is 17.9 Å². The number of piperidine rings is 1. The second kappa shape index (κ2) is 8.46. The fourth-order valence-electron chi connectivity index (χ4n) is 4.37. The Bertz CT molecular complexity index is 926. The summed E-state index contributed by atoms with van der Waals surface area (Å²) in [7, 11) is 0. The van der Waals surface area contributed by atoms with Crippen LogP contribution in [-0.4, -0.2) is 40.7 Å². The Kier molecular flexibility index (Phi) is 5.76. The van der Waals surface area contributed by atoms with E-state index in [-0.39, 0.29) is 11.7 Å². The average Bonchev–Trinajstić information content (AvgIpc) is 3.15. The first-order valence-electron chi connectivity index (χ1n) is 10.5. The van der Waals surface area contributed by atoms with Crippen molar-refractivity contribution < 1.29 is 9.18 Å². The van der Waals surface area contributed by atoms with Crippen molar-refractivity contribution in [3.05, 3.63) is 71.0 Å². The number of hydrazone groups is 1. The first kappa shape index (κ1) is 19.8. The van der Waals surface area contributed by atoms with E-state index in [1.807, 2.05) is 31.2 Å². The number of amides is 1. The van der Waals surface area contributed by atoms with Gasteiger partial charge >= 0.3 is 0 Å². The van der Waals surface area contributed by atoms with Crippen molar-refractivity contribution in [1.29, 1.82) is 0 Å². The van der Waals surface area contributed by atoms with Crippen molar-refractivity contribution in [1.82, 2.24) is 9.91 Å². The molecule has 1 saturated heterocycles. The molecule has 2 atom stereocenters. The SMILES string of the molecule is Cc1cccc(C2=NN(C(=O)CN3CCCC[C@H]3C)[C@@H](c3ccccc3F)C2)c1. The minimum absolute atomic E-state index is 0.0605. The standard InChI is InChI=1S/C24H28FN3O/c1-17-8-7-10-19(14-17)22-15-23(20-11-3-4-12-21(20)25)28(26-22)24(29)16-27-13-6-5-9-18(27)2/h3-4,7-8,10-12,14,18,23H,5-6,9,13,15-16H2,1-2H3/t18-,23-/m1/s1. The first-order chi connectivity index (χ1) is 14.0. The van der Waals surface area contributed by atoms with E-state index in [1.165, 1.54) is 17.5 Å². The lowest BCUT2D eigenvalue weighted by Gasteiger charge is -2.34. The highest BCUT2D eigenvalue weighted by atomic mass is 19.1. The third-order valence-corrected chi connectivity index (χ3v) is 6.06. The topological polar surface area (TPSA) is 35.9 Å². The number of benzene rings is 2. The van der Waals surface area contributed by atoms with Gasteiger partial charge in [-0.1, -0.05) is 54.4 Å². The van der Waals surface area contributed by atoms with Crippen LogP contribution in [0.2, 0.25) is 0 Å². The van der Waals surface area contributed by atoms with Crippen LogP contribution < -0.4 is 0 Å².